The molecule has 11 heteroatoms. The van der Waals surface area contributed by atoms with Gasteiger partial charge in [-0.3, -0.25) is 9.59 Å². The van der Waals surface area contributed by atoms with E-state index in [4.69, 9.17) is 16.7 Å². The fourth-order valence-corrected chi connectivity index (χ4v) is 4.39. The minimum Gasteiger partial charge on any atom is -0.382 e. The third-order valence-electron chi connectivity index (χ3n) is 4.24. The lowest BCUT2D eigenvalue weighted by atomic mass is 10.1. The van der Waals surface area contributed by atoms with Crippen LogP contribution >= 0.6 is 22.7 Å². The molecule has 2 aromatic rings. The smallest absolute Gasteiger partial charge is 0.382 e. The molecule has 1 aromatic carbocycles. The number of aromatic nitrogens is 2. The van der Waals surface area contributed by atoms with Crippen LogP contribution in [-0.2, 0) is 0 Å². The highest BCUT2D eigenvalue weighted by Crippen LogP contribution is 2.40. The van der Waals surface area contributed by atoms with Crippen LogP contribution in [0.2, 0.25) is 5.02 Å². The van der Waals surface area contributed by atoms with Gasteiger partial charge >= 0.3 is 6.18 Å². The zero-order valence-electron chi connectivity index (χ0n) is 15.5. The normalized spacial score (nSPS) is 18.2. The number of hydrogen-bond acceptors (Lipinski definition) is 4. The second kappa shape index (κ2) is 8.66. The van der Waals surface area contributed by atoms with E-state index in [9.17, 15) is 22.8 Å². The minimum atomic E-state index is -4.89. The van der Waals surface area contributed by atoms with Crippen LogP contribution < -0.4 is 10.9 Å². The number of allylic oxidation sites excluding steroid dienone is 3. The number of alkyl halides is 3. The van der Waals surface area contributed by atoms with Gasteiger partial charge in [0.25, 0.3) is 11.5 Å². The first kappa shape index (κ1) is 22.1. The molecule has 0 bridgehead atoms. The molecular weight excluding hydrogens is 443 g/mol. The molecule has 1 aliphatic heterocycles. The highest BCUT2D eigenvalue weighted by atomic mass is 35.5. The molecule has 1 amide bonds. The minimum absolute atomic E-state index is 0.281. The molecule has 2 N–H and O–H groups in total. The van der Waals surface area contributed by atoms with Crippen LogP contribution in [-0.4, -0.2) is 39.0 Å². The van der Waals surface area contributed by atoms with Crippen molar-refractivity contribution in [1.82, 2.24) is 14.5 Å². The van der Waals surface area contributed by atoms with Crippen LogP contribution in [0.3, 0.4) is 0 Å². The van der Waals surface area contributed by atoms with Crippen LogP contribution in [0.25, 0.3) is 11.3 Å². The van der Waals surface area contributed by atoms with Gasteiger partial charge in [0.05, 0.1) is 12.2 Å². The first-order valence-corrected chi connectivity index (χ1v) is 10.4. The highest BCUT2D eigenvalue weighted by Gasteiger charge is 2.38. The lowest BCUT2D eigenvalue weighted by molar-refractivity contribution is -0.201. The van der Waals surface area contributed by atoms with E-state index < -0.39 is 41.4 Å². The predicted octanol–water partition coefficient (Wildman–Crippen LogP) is 3.41. The Hall–Kier alpha value is -2.56. The first-order valence-electron chi connectivity index (χ1n) is 8.66. The van der Waals surface area contributed by atoms with Gasteiger partial charge in [-0.2, -0.15) is 22.4 Å². The summed E-state index contributed by atoms with van der Waals surface area (Å²) >= 11 is 4.62. The van der Waals surface area contributed by atoms with Crippen LogP contribution in [0.5, 0.6) is 0 Å². The number of carbonyl (C=O) groups excluding carboxylic acids is 1. The Bertz CT molecular complexity index is 1080. The molecule has 6 nitrogen and oxygen atoms in total. The number of benzene rings is 1. The van der Waals surface area contributed by atoms with Crippen molar-refractivity contribution < 1.29 is 23.1 Å². The Morgan fingerprint density at radius 1 is 1.33 bits per heavy atom. The number of carbonyl (C=O) groups is 1. The second-order valence-electron chi connectivity index (χ2n) is 6.41. The van der Waals surface area contributed by atoms with Crippen molar-refractivity contribution in [3.05, 3.63) is 73.7 Å². The molecule has 1 unspecified atom stereocenters. The number of halogens is 4. The van der Waals surface area contributed by atoms with E-state index in [1.807, 2.05) is 18.3 Å². The van der Waals surface area contributed by atoms with E-state index in [0.29, 0.717) is 10.6 Å². The summed E-state index contributed by atoms with van der Waals surface area (Å²) in [6.45, 7) is 0.738. The molecular formula is C19H17ClF3N3O3S. The van der Waals surface area contributed by atoms with Crippen LogP contribution in [0.4, 0.5) is 13.2 Å². The van der Waals surface area contributed by atoms with E-state index in [1.165, 1.54) is 10.2 Å². The lowest BCUT2D eigenvalue weighted by Crippen LogP contribution is -2.42. The summed E-state index contributed by atoms with van der Waals surface area (Å²) in [5.74, 6) is -1.03. The van der Waals surface area contributed by atoms with Crippen LogP contribution in [0, 0.1) is 0 Å². The van der Waals surface area contributed by atoms with Crippen molar-refractivity contribution in [2.75, 3.05) is 6.54 Å². The number of aliphatic hydroxyl groups excluding tert-OH is 1. The maximum Gasteiger partial charge on any atom is 0.416 e. The van der Waals surface area contributed by atoms with E-state index in [-0.39, 0.29) is 11.3 Å². The third-order valence-corrected chi connectivity index (χ3v) is 6.50. The molecule has 0 spiro atoms. The van der Waals surface area contributed by atoms with E-state index in [1.54, 1.807) is 35.7 Å². The van der Waals surface area contributed by atoms with Crippen molar-refractivity contribution >= 4 is 28.6 Å². The average Bonchev–Trinajstić information content (AvgIpc) is 3.11. The summed E-state index contributed by atoms with van der Waals surface area (Å²) in [6, 6.07) is 7.73. The van der Waals surface area contributed by atoms with Gasteiger partial charge in [-0.1, -0.05) is 35.9 Å². The predicted molar refractivity (Wildman–Crippen MR) is 111 cm³/mol. The Morgan fingerprint density at radius 2 is 2.00 bits per heavy atom. The van der Waals surface area contributed by atoms with Crippen molar-refractivity contribution in [3.8, 4) is 11.3 Å². The molecule has 0 saturated carbocycles. The van der Waals surface area contributed by atoms with Gasteiger partial charge in [-0.05, 0) is 35.4 Å². The zero-order valence-corrected chi connectivity index (χ0v) is 17.2. The molecule has 30 heavy (non-hydrogen) atoms. The monoisotopic (exact) mass is 459 g/mol. The Kier molecular flexibility index (Phi) is 6.39. The number of nitrogens with zero attached hydrogens (tertiary/aromatic N) is 2. The molecule has 160 valence electrons. The van der Waals surface area contributed by atoms with Crippen molar-refractivity contribution in [2.24, 2.45) is 0 Å². The number of aliphatic hydroxyl groups is 1. The first-order chi connectivity index (χ1) is 14.1. The number of hydrogen-bond donors (Lipinski definition) is 3. The topological polar surface area (TPSA) is 84.2 Å². The van der Waals surface area contributed by atoms with E-state index >= 15 is 0 Å². The van der Waals surface area contributed by atoms with Crippen molar-refractivity contribution in [1.29, 1.82) is 0 Å². The van der Waals surface area contributed by atoms with E-state index in [0.717, 1.165) is 4.91 Å². The Labute approximate surface area is 177 Å². The maximum atomic E-state index is 12.9. The molecule has 2 atom stereocenters. The van der Waals surface area contributed by atoms with Crippen LogP contribution in [0.15, 0.2) is 57.6 Å². The fourth-order valence-electron chi connectivity index (χ4n) is 2.62. The van der Waals surface area contributed by atoms with Gasteiger partial charge in [-0.15, -0.1) is 11.1 Å². The summed E-state index contributed by atoms with van der Waals surface area (Å²) in [5.41, 5.74) is -0.266. The summed E-state index contributed by atoms with van der Waals surface area (Å²) in [6.07, 6.45) is -4.05. The summed E-state index contributed by atoms with van der Waals surface area (Å²) < 4.78 is 38.7. The molecule has 3 rings (SSSR count). The standard InChI is InChI=1S/C19H17ClF3N3O3S/c1-11-3-2-8-30(11)26-18(29)14(17(28)24-10-16(27)19(21,22)23)9-15(25-26)12-4-6-13(20)7-5-12/h2-9,16,27,30H,10H2,1H3,(H,24,28)/t16-/m0/s1. The molecule has 1 aromatic heterocycles. The van der Waals surface area contributed by atoms with Crippen LogP contribution in [0.1, 0.15) is 17.3 Å². The lowest BCUT2D eigenvalue weighted by Gasteiger charge is -2.20. The Morgan fingerprint density at radius 3 is 2.57 bits per heavy atom. The quantitative estimate of drug-likeness (QED) is 0.598. The van der Waals surface area contributed by atoms with E-state index in [2.05, 4.69) is 5.10 Å². The number of nitrogens with one attached hydrogen (secondary N) is 1. The zero-order chi connectivity index (χ0) is 22.1. The number of rotatable bonds is 5. The third kappa shape index (κ3) is 4.77. The summed E-state index contributed by atoms with van der Waals surface area (Å²) in [5, 5.41) is 17.7. The maximum absolute atomic E-state index is 12.9. The summed E-state index contributed by atoms with van der Waals surface area (Å²) in [4.78, 5) is 26.3. The second-order valence-corrected chi connectivity index (χ2v) is 8.91. The average molecular weight is 460 g/mol. The van der Waals surface area contributed by atoms with Gasteiger partial charge in [0, 0.05) is 10.6 Å². The van der Waals surface area contributed by atoms with Gasteiger partial charge < -0.3 is 10.4 Å². The fraction of sp³-hybridized carbons (Fsp3) is 0.211. The molecule has 0 aliphatic carbocycles. The molecule has 0 fully saturated rings. The number of amides is 1. The molecule has 0 saturated heterocycles. The Balaban J connectivity index is 2.03. The largest absolute Gasteiger partial charge is 0.416 e. The van der Waals surface area contributed by atoms with Gasteiger partial charge in [-0.25, -0.2) is 0 Å². The van der Waals surface area contributed by atoms with Crippen molar-refractivity contribution in [2.45, 2.75) is 19.2 Å². The molecule has 2 heterocycles. The van der Waals surface area contributed by atoms with Gasteiger partial charge in [0.2, 0.25) is 0 Å². The summed E-state index contributed by atoms with van der Waals surface area (Å²) in [7, 11) is 0. The highest BCUT2D eigenvalue weighted by molar-refractivity contribution is 8.21. The van der Waals surface area contributed by atoms with Gasteiger partial charge in [0.15, 0.2) is 6.10 Å². The molecule has 0 radical (unpaired) electrons. The van der Waals surface area contributed by atoms with Crippen molar-refractivity contribution in [3.63, 3.8) is 0 Å². The number of thiol groups is 1. The van der Waals surface area contributed by atoms with Gasteiger partial charge in [0.1, 0.15) is 5.56 Å². The SMILES string of the molecule is CC1=CC=C[SH]1n1nc(-c2ccc(Cl)cc2)cc(C(=O)NC[C@H](O)C(F)(F)F)c1=O. The molecule has 1 aliphatic rings.